The molecular weight excluding hydrogens is 292 g/mol. The molecule has 0 bridgehead atoms. The second kappa shape index (κ2) is 6.83. The van der Waals surface area contributed by atoms with Gasteiger partial charge in [-0.3, -0.25) is 9.59 Å². The normalized spacial score (nSPS) is 10.6. The standard InChI is InChI=1S/C17H16N4O2/c22-15(9-8-12-5-2-1-3-6-12)19-11-14-20-16-13(17(23)21-14)7-4-10-18-16/h1-7,10H,8-9,11H2,(H,19,22)(H,18,20,21,23). The van der Waals surface area contributed by atoms with E-state index >= 15 is 0 Å². The largest absolute Gasteiger partial charge is 0.349 e. The lowest BCUT2D eigenvalue weighted by Gasteiger charge is -2.05. The molecule has 0 radical (unpaired) electrons. The summed E-state index contributed by atoms with van der Waals surface area (Å²) in [5, 5.41) is 3.20. The highest BCUT2D eigenvalue weighted by molar-refractivity contribution is 5.76. The first-order valence-corrected chi connectivity index (χ1v) is 7.37. The fraction of sp³-hybridized carbons (Fsp3) is 0.176. The number of aryl methyl sites for hydroxylation is 1. The van der Waals surface area contributed by atoms with Gasteiger partial charge in [-0.15, -0.1) is 0 Å². The highest BCUT2D eigenvalue weighted by Crippen LogP contribution is 2.03. The number of amides is 1. The Morgan fingerprint density at radius 1 is 1.13 bits per heavy atom. The first kappa shape index (κ1) is 14.9. The summed E-state index contributed by atoms with van der Waals surface area (Å²) in [7, 11) is 0. The van der Waals surface area contributed by atoms with Crippen LogP contribution in [0.1, 0.15) is 17.8 Å². The number of nitrogens with zero attached hydrogens (tertiary/aromatic N) is 2. The molecule has 23 heavy (non-hydrogen) atoms. The summed E-state index contributed by atoms with van der Waals surface area (Å²) in [6.45, 7) is 0.176. The number of hydrogen-bond donors (Lipinski definition) is 2. The minimum atomic E-state index is -0.253. The molecule has 3 aromatic rings. The van der Waals surface area contributed by atoms with Crippen molar-refractivity contribution < 1.29 is 4.79 Å². The predicted molar refractivity (Wildman–Crippen MR) is 86.8 cm³/mol. The van der Waals surface area contributed by atoms with Gasteiger partial charge in [-0.1, -0.05) is 30.3 Å². The molecule has 0 aliphatic heterocycles. The second-order valence-corrected chi connectivity index (χ2v) is 5.15. The molecule has 116 valence electrons. The molecule has 3 rings (SSSR count). The van der Waals surface area contributed by atoms with Crippen LogP contribution in [0.2, 0.25) is 0 Å². The molecular formula is C17H16N4O2. The number of carbonyl (C=O) groups excluding carboxylic acids is 1. The van der Waals surface area contributed by atoms with Crippen molar-refractivity contribution in [3.8, 4) is 0 Å². The molecule has 2 heterocycles. The summed E-state index contributed by atoms with van der Waals surface area (Å²) < 4.78 is 0. The molecule has 0 aliphatic carbocycles. The van der Waals surface area contributed by atoms with Gasteiger partial charge in [0.1, 0.15) is 5.82 Å². The topological polar surface area (TPSA) is 87.7 Å². The average Bonchev–Trinajstić information content (AvgIpc) is 2.59. The van der Waals surface area contributed by atoms with E-state index in [0.29, 0.717) is 29.7 Å². The third-order valence-corrected chi connectivity index (χ3v) is 3.47. The van der Waals surface area contributed by atoms with Crippen molar-refractivity contribution >= 4 is 16.9 Å². The molecule has 0 unspecified atom stereocenters. The molecule has 0 atom stereocenters. The zero-order valence-electron chi connectivity index (χ0n) is 12.5. The van der Waals surface area contributed by atoms with Crippen LogP contribution < -0.4 is 10.9 Å². The van der Waals surface area contributed by atoms with Gasteiger partial charge in [0.15, 0.2) is 5.65 Å². The lowest BCUT2D eigenvalue weighted by atomic mass is 10.1. The highest BCUT2D eigenvalue weighted by Gasteiger charge is 2.06. The van der Waals surface area contributed by atoms with Gasteiger partial charge in [-0.25, -0.2) is 9.97 Å². The molecule has 0 fully saturated rings. The molecule has 2 N–H and O–H groups in total. The van der Waals surface area contributed by atoms with E-state index in [1.807, 2.05) is 30.3 Å². The zero-order chi connectivity index (χ0) is 16.1. The fourth-order valence-electron chi connectivity index (χ4n) is 2.27. The maximum absolute atomic E-state index is 11.9. The Labute approximate surface area is 132 Å². The van der Waals surface area contributed by atoms with Crippen molar-refractivity contribution in [3.63, 3.8) is 0 Å². The van der Waals surface area contributed by atoms with Crippen LogP contribution >= 0.6 is 0 Å². The Bertz CT molecular complexity index is 874. The smallest absolute Gasteiger partial charge is 0.260 e. The number of fused-ring (bicyclic) bond motifs is 1. The molecule has 1 aromatic carbocycles. The van der Waals surface area contributed by atoms with Gasteiger partial charge in [0, 0.05) is 12.6 Å². The monoisotopic (exact) mass is 308 g/mol. The predicted octanol–water partition coefficient (Wildman–Crippen LogP) is 1.57. The van der Waals surface area contributed by atoms with Crippen molar-refractivity contribution in [2.45, 2.75) is 19.4 Å². The third kappa shape index (κ3) is 3.79. The second-order valence-electron chi connectivity index (χ2n) is 5.15. The van der Waals surface area contributed by atoms with E-state index in [1.165, 1.54) is 0 Å². The van der Waals surface area contributed by atoms with Crippen LogP contribution in [0.15, 0.2) is 53.5 Å². The number of carbonyl (C=O) groups is 1. The van der Waals surface area contributed by atoms with Crippen LogP contribution in [0, 0.1) is 0 Å². The van der Waals surface area contributed by atoms with Gasteiger partial charge in [0.25, 0.3) is 5.56 Å². The Balaban J connectivity index is 1.60. The molecule has 0 aliphatic rings. The summed E-state index contributed by atoms with van der Waals surface area (Å²) in [6, 6.07) is 13.2. The Morgan fingerprint density at radius 3 is 2.78 bits per heavy atom. The minimum Gasteiger partial charge on any atom is -0.349 e. The van der Waals surface area contributed by atoms with E-state index in [4.69, 9.17) is 0 Å². The van der Waals surface area contributed by atoms with Gasteiger partial charge in [-0.2, -0.15) is 0 Å². The lowest BCUT2D eigenvalue weighted by molar-refractivity contribution is -0.121. The van der Waals surface area contributed by atoms with E-state index in [9.17, 15) is 9.59 Å². The van der Waals surface area contributed by atoms with Crippen LogP contribution in [0.5, 0.6) is 0 Å². The van der Waals surface area contributed by atoms with Crippen LogP contribution in [-0.2, 0) is 17.8 Å². The average molecular weight is 308 g/mol. The minimum absolute atomic E-state index is 0.0855. The molecule has 1 amide bonds. The first-order chi connectivity index (χ1) is 11.2. The maximum atomic E-state index is 11.9. The number of benzene rings is 1. The number of rotatable bonds is 5. The van der Waals surface area contributed by atoms with E-state index < -0.39 is 0 Å². The van der Waals surface area contributed by atoms with E-state index in [1.54, 1.807) is 18.3 Å². The molecule has 2 aromatic heterocycles. The summed E-state index contributed by atoms with van der Waals surface area (Å²) >= 11 is 0. The SMILES string of the molecule is O=C(CCc1ccccc1)NCc1nc2ncccc2c(=O)[nH]1. The van der Waals surface area contributed by atoms with E-state index in [0.717, 1.165) is 5.56 Å². The van der Waals surface area contributed by atoms with Crippen LogP contribution in [0.3, 0.4) is 0 Å². The third-order valence-electron chi connectivity index (χ3n) is 3.47. The molecule has 0 saturated carbocycles. The van der Waals surface area contributed by atoms with Gasteiger partial charge >= 0.3 is 0 Å². The van der Waals surface area contributed by atoms with Gasteiger partial charge in [0.05, 0.1) is 11.9 Å². The summed E-state index contributed by atoms with van der Waals surface area (Å²) in [5.74, 6) is 0.312. The maximum Gasteiger partial charge on any atom is 0.260 e. The van der Waals surface area contributed by atoms with Crippen LogP contribution in [0.4, 0.5) is 0 Å². The number of aromatic amines is 1. The van der Waals surface area contributed by atoms with Gasteiger partial charge in [-0.05, 0) is 24.1 Å². The Kier molecular flexibility index (Phi) is 4.42. The highest BCUT2D eigenvalue weighted by atomic mass is 16.1. The van der Waals surface area contributed by atoms with E-state index in [2.05, 4.69) is 20.3 Å². The number of hydrogen-bond acceptors (Lipinski definition) is 4. The summed E-state index contributed by atoms with van der Waals surface area (Å²) in [6.07, 6.45) is 2.65. The van der Waals surface area contributed by atoms with Crippen molar-refractivity contribution in [1.29, 1.82) is 0 Å². The van der Waals surface area contributed by atoms with Crippen molar-refractivity contribution in [2.24, 2.45) is 0 Å². The molecule has 6 nitrogen and oxygen atoms in total. The quantitative estimate of drug-likeness (QED) is 0.749. The number of nitrogens with one attached hydrogen (secondary N) is 2. The molecule has 0 spiro atoms. The Hall–Kier alpha value is -3.02. The van der Waals surface area contributed by atoms with Crippen molar-refractivity contribution in [2.75, 3.05) is 0 Å². The van der Waals surface area contributed by atoms with Crippen LogP contribution in [0.25, 0.3) is 11.0 Å². The van der Waals surface area contributed by atoms with Crippen molar-refractivity contribution in [1.82, 2.24) is 20.3 Å². The fourth-order valence-corrected chi connectivity index (χ4v) is 2.27. The van der Waals surface area contributed by atoms with Crippen molar-refractivity contribution in [3.05, 3.63) is 70.4 Å². The van der Waals surface area contributed by atoms with E-state index in [-0.39, 0.29) is 18.0 Å². The summed E-state index contributed by atoms with van der Waals surface area (Å²) in [5.41, 5.74) is 1.24. The number of aromatic nitrogens is 3. The zero-order valence-corrected chi connectivity index (χ0v) is 12.5. The molecule has 6 heteroatoms. The number of H-pyrrole nitrogens is 1. The first-order valence-electron chi connectivity index (χ1n) is 7.37. The number of pyridine rings is 1. The van der Waals surface area contributed by atoms with Crippen LogP contribution in [-0.4, -0.2) is 20.9 Å². The van der Waals surface area contributed by atoms with Gasteiger partial charge < -0.3 is 10.3 Å². The lowest BCUT2D eigenvalue weighted by Crippen LogP contribution is -2.25. The molecule has 0 saturated heterocycles. The Morgan fingerprint density at radius 2 is 1.96 bits per heavy atom. The van der Waals surface area contributed by atoms with Gasteiger partial charge in [0.2, 0.25) is 5.91 Å². The summed E-state index contributed by atoms with van der Waals surface area (Å²) in [4.78, 5) is 34.8.